The summed E-state index contributed by atoms with van der Waals surface area (Å²) in [5.41, 5.74) is 3.49. The van der Waals surface area contributed by atoms with Crippen LogP contribution in [0.3, 0.4) is 0 Å². The Morgan fingerprint density at radius 1 is 1.14 bits per heavy atom. The van der Waals surface area contributed by atoms with Crippen molar-refractivity contribution in [2.75, 3.05) is 30.3 Å². The molecule has 0 radical (unpaired) electrons. The molecule has 0 aliphatic carbocycles. The number of hydrogen-bond donors (Lipinski definition) is 2. The summed E-state index contributed by atoms with van der Waals surface area (Å²) in [4.78, 5) is 30.3. The number of nitrogens with one attached hydrogen (secondary N) is 2. The number of aryl methyl sites for hydroxylation is 2. The molecule has 2 heterocycles. The molecule has 0 bridgehead atoms. The monoisotopic (exact) mass is 396 g/mol. The van der Waals surface area contributed by atoms with Gasteiger partial charge in [0.15, 0.2) is 0 Å². The number of likely N-dealkylation sites (tertiary alicyclic amines) is 1. The molecule has 1 saturated heterocycles. The number of nitrogens with zero attached hydrogens (tertiary/aromatic N) is 2. The summed E-state index contributed by atoms with van der Waals surface area (Å²) in [6.45, 7) is 7.53. The van der Waals surface area contributed by atoms with E-state index >= 15 is 0 Å². The van der Waals surface area contributed by atoms with Crippen LogP contribution in [0.5, 0.6) is 0 Å². The first-order valence-corrected chi connectivity index (χ1v) is 9.98. The molecule has 3 rings (SSSR count). The third kappa shape index (κ3) is 5.70. The quantitative estimate of drug-likeness (QED) is 0.799. The number of rotatable bonds is 5. The van der Waals surface area contributed by atoms with Crippen LogP contribution in [0.1, 0.15) is 41.3 Å². The predicted molar refractivity (Wildman–Crippen MR) is 113 cm³/mol. The van der Waals surface area contributed by atoms with Crippen molar-refractivity contribution in [3.05, 3.63) is 53.2 Å². The van der Waals surface area contributed by atoms with Crippen LogP contribution in [0.2, 0.25) is 0 Å². The van der Waals surface area contributed by atoms with Crippen LogP contribution in [0.25, 0.3) is 0 Å². The van der Waals surface area contributed by atoms with E-state index in [0.717, 1.165) is 35.5 Å². The topological polar surface area (TPSA) is 83.6 Å². The van der Waals surface area contributed by atoms with Gasteiger partial charge in [-0.2, -0.15) is 0 Å². The van der Waals surface area contributed by atoms with E-state index in [-0.39, 0.29) is 18.0 Å². The molecule has 29 heavy (non-hydrogen) atoms. The van der Waals surface area contributed by atoms with E-state index in [2.05, 4.69) is 21.7 Å². The van der Waals surface area contributed by atoms with Crippen molar-refractivity contribution in [2.24, 2.45) is 0 Å². The van der Waals surface area contributed by atoms with E-state index in [1.54, 1.807) is 17.2 Å². The van der Waals surface area contributed by atoms with Gasteiger partial charge < -0.3 is 20.3 Å². The van der Waals surface area contributed by atoms with Gasteiger partial charge in [-0.25, -0.2) is 9.78 Å². The highest BCUT2D eigenvalue weighted by atomic mass is 16.6. The summed E-state index contributed by atoms with van der Waals surface area (Å²) in [6, 6.07) is 9.76. The summed E-state index contributed by atoms with van der Waals surface area (Å²) in [7, 11) is 0. The lowest BCUT2D eigenvalue weighted by molar-refractivity contribution is 0.0982. The number of ether oxygens (including phenoxy) is 1. The molecule has 2 aromatic rings. The zero-order valence-corrected chi connectivity index (χ0v) is 17.2. The van der Waals surface area contributed by atoms with E-state index < -0.39 is 0 Å². The highest BCUT2D eigenvalue weighted by molar-refractivity contribution is 6.04. The van der Waals surface area contributed by atoms with E-state index in [1.165, 1.54) is 0 Å². The third-order valence-electron chi connectivity index (χ3n) is 4.88. The van der Waals surface area contributed by atoms with E-state index in [4.69, 9.17) is 4.74 Å². The Kier molecular flexibility index (Phi) is 6.69. The fraction of sp³-hybridized carbons (Fsp3) is 0.409. The van der Waals surface area contributed by atoms with Gasteiger partial charge in [0, 0.05) is 31.0 Å². The fourth-order valence-corrected chi connectivity index (χ4v) is 3.49. The molecule has 7 nitrogen and oxygen atoms in total. The lowest BCUT2D eigenvalue weighted by Gasteiger charge is -2.31. The summed E-state index contributed by atoms with van der Waals surface area (Å²) < 4.78 is 5.04. The number of amides is 2. The zero-order valence-electron chi connectivity index (χ0n) is 17.2. The molecular weight excluding hydrogens is 368 g/mol. The molecule has 2 amide bonds. The van der Waals surface area contributed by atoms with Crippen LogP contribution in [0, 0.1) is 13.8 Å². The minimum atomic E-state index is -0.247. The first-order valence-electron chi connectivity index (χ1n) is 9.98. The number of hydrogen-bond acceptors (Lipinski definition) is 5. The molecule has 0 atom stereocenters. The predicted octanol–water partition coefficient (Wildman–Crippen LogP) is 3.98. The maximum absolute atomic E-state index is 12.5. The van der Waals surface area contributed by atoms with E-state index in [9.17, 15) is 9.59 Å². The summed E-state index contributed by atoms with van der Waals surface area (Å²) in [5.74, 6) is 0.541. The van der Waals surface area contributed by atoms with E-state index in [1.807, 2.05) is 39.0 Å². The van der Waals surface area contributed by atoms with Crippen molar-refractivity contribution in [3.8, 4) is 0 Å². The molecule has 0 unspecified atom stereocenters. The standard InChI is InChI=1S/C22H28N4O3/c1-4-29-22(28)26-9-7-18(8-10-26)24-20-6-5-17(14-23-20)21(27)25-19-12-15(2)11-16(3)13-19/h5-6,11-14,18H,4,7-10H2,1-3H3,(H,23,24)(H,25,27). The molecule has 7 heteroatoms. The minimum Gasteiger partial charge on any atom is -0.450 e. The number of pyridine rings is 1. The maximum Gasteiger partial charge on any atom is 0.409 e. The van der Waals surface area contributed by atoms with Gasteiger partial charge in [-0.05, 0) is 69.0 Å². The Hall–Kier alpha value is -3.09. The van der Waals surface area contributed by atoms with Crippen LogP contribution >= 0.6 is 0 Å². The van der Waals surface area contributed by atoms with Crippen LogP contribution in [0.4, 0.5) is 16.3 Å². The second kappa shape index (κ2) is 9.41. The number of carbonyl (C=O) groups excluding carboxylic acids is 2. The SMILES string of the molecule is CCOC(=O)N1CCC(Nc2ccc(C(=O)Nc3cc(C)cc(C)c3)cn2)CC1. The largest absolute Gasteiger partial charge is 0.450 e. The van der Waals surface area contributed by atoms with Crippen LogP contribution in [-0.2, 0) is 4.74 Å². The second-order valence-electron chi connectivity index (χ2n) is 7.37. The number of carbonyl (C=O) groups is 2. The number of piperidine rings is 1. The fourth-order valence-electron chi connectivity index (χ4n) is 3.49. The molecule has 2 N–H and O–H groups in total. The number of benzene rings is 1. The molecule has 0 spiro atoms. The molecule has 1 fully saturated rings. The van der Waals surface area contributed by atoms with Crippen LogP contribution in [-0.4, -0.2) is 47.6 Å². The van der Waals surface area contributed by atoms with Gasteiger partial charge in [-0.15, -0.1) is 0 Å². The van der Waals surface area contributed by atoms with Crippen molar-refractivity contribution in [2.45, 2.75) is 39.7 Å². The third-order valence-corrected chi connectivity index (χ3v) is 4.88. The molecular formula is C22H28N4O3. The van der Waals surface area contributed by atoms with Gasteiger partial charge in [-0.3, -0.25) is 4.79 Å². The van der Waals surface area contributed by atoms with Gasteiger partial charge in [0.25, 0.3) is 5.91 Å². The maximum atomic E-state index is 12.5. The van der Waals surface area contributed by atoms with Crippen molar-refractivity contribution in [1.82, 2.24) is 9.88 Å². The lowest BCUT2D eigenvalue weighted by Crippen LogP contribution is -2.42. The van der Waals surface area contributed by atoms with Gasteiger partial charge >= 0.3 is 6.09 Å². The van der Waals surface area contributed by atoms with E-state index in [0.29, 0.717) is 25.3 Å². The van der Waals surface area contributed by atoms with Crippen molar-refractivity contribution < 1.29 is 14.3 Å². The van der Waals surface area contributed by atoms with Gasteiger partial charge in [0.2, 0.25) is 0 Å². The summed E-state index contributed by atoms with van der Waals surface area (Å²) in [5, 5.41) is 6.30. The molecule has 1 aliphatic rings. The Labute approximate surface area is 171 Å². The second-order valence-corrected chi connectivity index (χ2v) is 7.37. The Morgan fingerprint density at radius 2 is 1.83 bits per heavy atom. The Bertz CT molecular complexity index is 839. The van der Waals surface area contributed by atoms with Crippen LogP contribution < -0.4 is 10.6 Å². The van der Waals surface area contributed by atoms with Crippen LogP contribution in [0.15, 0.2) is 36.5 Å². The molecule has 0 saturated carbocycles. The van der Waals surface area contributed by atoms with Gasteiger partial charge in [-0.1, -0.05) is 6.07 Å². The molecule has 1 aliphatic heterocycles. The zero-order chi connectivity index (χ0) is 20.8. The number of anilines is 2. The van der Waals surface area contributed by atoms with Crippen molar-refractivity contribution in [3.63, 3.8) is 0 Å². The summed E-state index contributed by atoms with van der Waals surface area (Å²) in [6.07, 6.45) is 2.99. The lowest BCUT2D eigenvalue weighted by atomic mass is 10.1. The first kappa shape index (κ1) is 20.6. The average Bonchev–Trinajstić information content (AvgIpc) is 2.68. The Morgan fingerprint density at radius 3 is 2.41 bits per heavy atom. The first-order chi connectivity index (χ1) is 13.9. The minimum absolute atomic E-state index is 0.184. The van der Waals surface area contributed by atoms with Crippen molar-refractivity contribution >= 4 is 23.5 Å². The highest BCUT2D eigenvalue weighted by Gasteiger charge is 2.23. The summed E-state index contributed by atoms with van der Waals surface area (Å²) >= 11 is 0. The number of aromatic nitrogens is 1. The normalized spacial score (nSPS) is 14.4. The highest BCUT2D eigenvalue weighted by Crippen LogP contribution is 2.18. The van der Waals surface area contributed by atoms with Gasteiger partial charge in [0.05, 0.1) is 12.2 Å². The smallest absolute Gasteiger partial charge is 0.409 e. The molecule has 154 valence electrons. The molecule has 1 aromatic heterocycles. The van der Waals surface area contributed by atoms with Gasteiger partial charge in [0.1, 0.15) is 5.82 Å². The molecule has 1 aromatic carbocycles. The Balaban J connectivity index is 1.52. The van der Waals surface area contributed by atoms with Crippen molar-refractivity contribution in [1.29, 1.82) is 0 Å². The average molecular weight is 396 g/mol.